The van der Waals surface area contributed by atoms with Crippen molar-refractivity contribution in [1.29, 1.82) is 0 Å². The van der Waals surface area contributed by atoms with Crippen LogP contribution in [0.3, 0.4) is 0 Å². The van der Waals surface area contributed by atoms with Crippen molar-refractivity contribution in [2.24, 2.45) is 0 Å². The second kappa shape index (κ2) is 18.3. The fourth-order valence-electron chi connectivity index (χ4n) is 2.88. The van der Waals surface area contributed by atoms with Crippen LogP contribution in [0, 0.1) is 0 Å². The molecule has 0 aromatic heterocycles. The molecule has 0 saturated heterocycles. The molecule has 2 nitrogen and oxygen atoms in total. The summed E-state index contributed by atoms with van der Waals surface area (Å²) in [6.45, 7) is 20.6. The van der Waals surface area contributed by atoms with Gasteiger partial charge in [-0.3, -0.25) is 4.79 Å². The lowest BCUT2D eigenvalue weighted by atomic mass is 10.1. The van der Waals surface area contributed by atoms with Crippen molar-refractivity contribution in [3.8, 4) is 0 Å². The van der Waals surface area contributed by atoms with Crippen molar-refractivity contribution in [2.45, 2.75) is 68.2 Å². The van der Waals surface area contributed by atoms with E-state index >= 15 is 0 Å². The molecule has 0 N–H and O–H groups in total. The van der Waals surface area contributed by atoms with Crippen molar-refractivity contribution < 1.29 is 9.53 Å². The van der Waals surface area contributed by atoms with Gasteiger partial charge in [-0.1, -0.05) is 109 Å². The highest BCUT2D eigenvalue weighted by Gasteiger charge is 2.01. The first-order chi connectivity index (χ1) is 16.1. The molecule has 0 aliphatic rings. The molecule has 0 atom stereocenters. The number of hydrogen-bond acceptors (Lipinski definition) is 2. The normalized spacial score (nSPS) is 15.2. The number of rotatable bonds is 14. The summed E-state index contributed by atoms with van der Waals surface area (Å²) in [5, 5.41) is 0. The molecule has 0 bridgehead atoms. The molecular weight excluding hydrogens is 416 g/mol. The summed E-state index contributed by atoms with van der Waals surface area (Å²) < 4.78 is 5.43. The SMILES string of the molecule is C=C(OCC)/C(C)=C/C(C)=C/C=C/C(C)=C/C=C/C=C(C)/C=C/C=C(C)/C=C(\C)C(=O)CCC. The van der Waals surface area contributed by atoms with Gasteiger partial charge in [0.1, 0.15) is 5.76 Å². The Hall–Kier alpha value is -3.13. The molecule has 0 saturated carbocycles. The number of carbonyl (C=O) groups is 1. The monoisotopic (exact) mass is 460 g/mol. The molecule has 0 aromatic rings. The maximum absolute atomic E-state index is 11.9. The third-order valence-electron chi connectivity index (χ3n) is 4.83. The predicted molar refractivity (Wildman–Crippen MR) is 151 cm³/mol. The molecule has 34 heavy (non-hydrogen) atoms. The Morgan fingerprint density at radius 1 is 0.676 bits per heavy atom. The van der Waals surface area contributed by atoms with Crippen LogP contribution in [-0.2, 0) is 9.53 Å². The van der Waals surface area contributed by atoms with Gasteiger partial charge in [-0.15, -0.1) is 0 Å². The second-order valence-electron chi connectivity index (χ2n) is 8.43. The molecule has 0 radical (unpaired) electrons. The number of Topliss-reactive ketones (excluding diaryl/α,β-unsaturated/α-hetero) is 1. The summed E-state index contributed by atoms with van der Waals surface area (Å²) in [5.74, 6) is 0.941. The second-order valence-corrected chi connectivity index (χ2v) is 8.43. The van der Waals surface area contributed by atoms with Crippen LogP contribution in [0.2, 0.25) is 0 Å². The number of carbonyl (C=O) groups excluding carboxylic acids is 1. The van der Waals surface area contributed by atoms with Crippen LogP contribution in [0.4, 0.5) is 0 Å². The molecule has 0 heterocycles. The van der Waals surface area contributed by atoms with Crippen molar-refractivity contribution in [3.05, 3.63) is 119 Å². The van der Waals surface area contributed by atoms with Gasteiger partial charge in [-0.2, -0.15) is 0 Å². The summed E-state index contributed by atoms with van der Waals surface area (Å²) in [7, 11) is 0. The van der Waals surface area contributed by atoms with E-state index in [1.807, 2.05) is 71.1 Å². The van der Waals surface area contributed by atoms with Crippen molar-refractivity contribution >= 4 is 5.78 Å². The zero-order valence-electron chi connectivity index (χ0n) is 22.6. The Morgan fingerprint density at radius 3 is 1.56 bits per heavy atom. The molecule has 0 aliphatic carbocycles. The molecule has 0 aromatic carbocycles. The van der Waals surface area contributed by atoms with E-state index in [1.54, 1.807) is 0 Å². The van der Waals surface area contributed by atoms with Crippen molar-refractivity contribution in [1.82, 2.24) is 0 Å². The minimum absolute atomic E-state index is 0.223. The Labute approximate surface area is 208 Å². The minimum atomic E-state index is 0.223. The Morgan fingerprint density at radius 2 is 1.12 bits per heavy atom. The fourth-order valence-corrected chi connectivity index (χ4v) is 2.88. The maximum Gasteiger partial charge on any atom is 0.158 e. The number of ether oxygens (including phenoxy) is 1. The number of allylic oxidation sites excluding steroid dienone is 18. The van der Waals surface area contributed by atoms with E-state index in [2.05, 4.69) is 63.8 Å². The number of ketones is 1. The Bertz CT molecular complexity index is 873. The first-order valence-corrected chi connectivity index (χ1v) is 12.0. The smallest absolute Gasteiger partial charge is 0.158 e. The van der Waals surface area contributed by atoms with Crippen LogP contribution in [0.15, 0.2) is 119 Å². The maximum atomic E-state index is 11.9. The summed E-state index contributed by atoms with van der Waals surface area (Å²) in [6.07, 6.45) is 26.1. The van der Waals surface area contributed by atoms with E-state index < -0.39 is 0 Å². The van der Waals surface area contributed by atoms with Gasteiger partial charge < -0.3 is 4.74 Å². The van der Waals surface area contributed by atoms with Gasteiger partial charge in [0.25, 0.3) is 0 Å². The molecule has 0 aliphatic heterocycles. The summed E-state index contributed by atoms with van der Waals surface area (Å²) in [5.41, 5.74) is 6.39. The molecule has 0 unspecified atom stereocenters. The van der Waals surface area contributed by atoms with Crippen LogP contribution in [0.25, 0.3) is 0 Å². The summed E-state index contributed by atoms with van der Waals surface area (Å²) >= 11 is 0. The van der Waals surface area contributed by atoms with E-state index in [4.69, 9.17) is 4.74 Å². The van der Waals surface area contributed by atoms with Gasteiger partial charge in [0, 0.05) is 6.42 Å². The lowest BCUT2D eigenvalue weighted by Gasteiger charge is -2.06. The summed E-state index contributed by atoms with van der Waals surface area (Å²) in [4.78, 5) is 11.9. The zero-order chi connectivity index (χ0) is 25.9. The lowest BCUT2D eigenvalue weighted by molar-refractivity contribution is -0.115. The predicted octanol–water partition coefficient (Wildman–Crippen LogP) is 9.25. The van der Waals surface area contributed by atoms with Crippen molar-refractivity contribution in [2.75, 3.05) is 6.61 Å². The zero-order valence-corrected chi connectivity index (χ0v) is 22.6. The lowest BCUT2D eigenvalue weighted by Crippen LogP contribution is -1.98. The quantitative estimate of drug-likeness (QED) is 0.147. The molecule has 0 amide bonds. The van der Waals surface area contributed by atoms with E-state index in [0.29, 0.717) is 13.0 Å². The van der Waals surface area contributed by atoms with E-state index in [9.17, 15) is 4.79 Å². The highest BCUT2D eigenvalue weighted by Crippen LogP contribution is 2.12. The molecule has 2 heteroatoms. The Balaban J connectivity index is 4.87. The third kappa shape index (κ3) is 15.6. The van der Waals surface area contributed by atoms with Gasteiger partial charge in [-0.05, 0) is 66.0 Å². The molecule has 0 spiro atoms. The first kappa shape index (κ1) is 30.9. The van der Waals surface area contributed by atoms with Crippen molar-refractivity contribution in [3.63, 3.8) is 0 Å². The van der Waals surface area contributed by atoms with E-state index in [0.717, 1.165) is 40.0 Å². The molecule has 0 rings (SSSR count). The van der Waals surface area contributed by atoms with Gasteiger partial charge in [0.2, 0.25) is 0 Å². The third-order valence-corrected chi connectivity index (χ3v) is 4.83. The van der Waals surface area contributed by atoms with E-state index in [1.165, 1.54) is 5.57 Å². The summed E-state index contributed by atoms with van der Waals surface area (Å²) in [6, 6.07) is 0. The average molecular weight is 461 g/mol. The first-order valence-electron chi connectivity index (χ1n) is 12.0. The van der Waals surface area contributed by atoms with Crippen LogP contribution >= 0.6 is 0 Å². The average Bonchev–Trinajstić information content (AvgIpc) is 2.76. The number of hydrogen-bond donors (Lipinski definition) is 0. The Kier molecular flexibility index (Phi) is 16.6. The fraction of sp³-hybridized carbons (Fsp3) is 0.344. The van der Waals surface area contributed by atoms with E-state index in [-0.39, 0.29) is 5.78 Å². The minimum Gasteiger partial charge on any atom is -0.494 e. The topological polar surface area (TPSA) is 26.3 Å². The van der Waals surface area contributed by atoms with Gasteiger partial charge in [0.05, 0.1) is 6.61 Å². The largest absolute Gasteiger partial charge is 0.494 e. The molecule has 0 fully saturated rings. The standard InChI is InChI=1S/C32H44O2/c1-10-16-32(33)30(8)24-28(6)22-15-20-26(4)18-13-12-17-25(3)19-14-21-27(5)23-29(7)31(9)34-11-2/h12-15,17-24H,9-11,16H2,1-8H3/b13-12+,19-14+,20-15+,25-17+,26-18+,27-21+,28-22+,29-23+,30-24+. The van der Waals surface area contributed by atoms with Crippen LogP contribution < -0.4 is 0 Å². The molecule has 184 valence electrons. The van der Waals surface area contributed by atoms with Gasteiger partial charge in [-0.25, -0.2) is 0 Å². The highest BCUT2D eigenvalue weighted by atomic mass is 16.5. The molecular formula is C32H44O2. The van der Waals surface area contributed by atoms with Gasteiger partial charge in [0.15, 0.2) is 5.78 Å². The van der Waals surface area contributed by atoms with Gasteiger partial charge >= 0.3 is 0 Å². The van der Waals surface area contributed by atoms with Crippen LogP contribution in [0.1, 0.15) is 68.2 Å². The highest BCUT2D eigenvalue weighted by molar-refractivity contribution is 5.95. The van der Waals surface area contributed by atoms with Crippen LogP contribution in [0.5, 0.6) is 0 Å². The van der Waals surface area contributed by atoms with Crippen LogP contribution in [-0.4, -0.2) is 12.4 Å².